The third-order valence-corrected chi connectivity index (χ3v) is 5.54. The fraction of sp³-hybridized carbons (Fsp3) is 0.318. The zero-order valence-corrected chi connectivity index (χ0v) is 17.6. The Morgan fingerprint density at radius 1 is 1.04 bits per heavy atom. The molecule has 3 rings (SSSR count). The zero-order chi connectivity index (χ0) is 20.4. The summed E-state index contributed by atoms with van der Waals surface area (Å²) in [6, 6.07) is 13.3. The zero-order valence-electron chi connectivity index (χ0n) is 16.8. The maximum Gasteiger partial charge on any atom is 0.266 e. The van der Waals surface area contributed by atoms with E-state index < -0.39 is 0 Å². The lowest BCUT2D eigenvalue weighted by Crippen LogP contribution is -2.36. The van der Waals surface area contributed by atoms with E-state index in [0.29, 0.717) is 16.1 Å². The first kappa shape index (κ1) is 20.1. The third kappa shape index (κ3) is 3.97. The van der Waals surface area contributed by atoms with Gasteiger partial charge in [0.1, 0.15) is 0 Å². The van der Waals surface area contributed by atoms with Crippen LogP contribution < -0.4 is 10.9 Å². The fourth-order valence-electron chi connectivity index (χ4n) is 3.16. The minimum absolute atomic E-state index is 0.0564. The molecular weight excluding hydrogens is 370 g/mol. The van der Waals surface area contributed by atoms with Crippen LogP contribution in [-0.2, 0) is 4.79 Å². The molecule has 0 radical (unpaired) electrons. The van der Waals surface area contributed by atoms with Gasteiger partial charge in [0, 0.05) is 6.04 Å². The average Bonchev–Trinajstić information content (AvgIpc) is 2.63. The number of benzene rings is 2. The third-order valence-electron chi connectivity index (χ3n) is 4.49. The summed E-state index contributed by atoms with van der Waals surface area (Å²) in [6.45, 7) is 9.64. The van der Waals surface area contributed by atoms with Crippen LogP contribution in [0.5, 0.6) is 0 Å². The van der Waals surface area contributed by atoms with E-state index in [-0.39, 0.29) is 22.8 Å². The summed E-state index contributed by atoms with van der Waals surface area (Å²) in [4.78, 5) is 30.6. The van der Waals surface area contributed by atoms with Crippen molar-refractivity contribution in [2.24, 2.45) is 0 Å². The Hall–Kier alpha value is -2.60. The smallest absolute Gasteiger partial charge is 0.266 e. The summed E-state index contributed by atoms with van der Waals surface area (Å²) in [5.74, 6) is -0.0736. The Kier molecular flexibility index (Phi) is 5.89. The van der Waals surface area contributed by atoms with E-state index in [1.807, 2.05) is 71.0 Å². The molecule has 28 heavy (non-hydrogen) atoms. The van der Waals surface area contributed by atoms with Crippen molar-refractivity contribution in [3.05, 3.63) is 63.9 Å². The van der Waals surface area contributed by atoms with Crippen molar-refractivity contribution in [1.82, 2.24) is 14.9 Å². The molecule has 0 bridgehead atoms. The second-order valence-electron chi connectivity index (χ2n) is 7.22. The van der Waals surface area contributed by atoms with Gasteiger partial charge in [-0.05, 0) is 57.9 Å². The number of fused-ring (bicyclic) bond motifs is 1. The van der Waals surface area contributed by atoms with E-state index in [1.54, 1.807) is 10.6 Å². The standard InChI is InChI=1S/C22H25N3O2S/c1-13(2)23-20(26)16(5)28-22-24-18-12-7-6-11-17(18)21(27)25(22)19-14(3)9-8-10-15(19)4/h6-13,16H,1-5H3,(H,23,26). The predicted molar refractivity (Wildman–Crippen MR) is 115 cm³/mol. The molecule has 1 unspecified atom stereocenters. The van der Waals surface area contributed by atoms with E-state index in [0.717, 1.165) is 16.8 Å². The highest BCUT2D eigenvalue weighted by molar-refractivity contribution is 8.00. The molecule has 0 spiro atoms. The maximum absolute atomic E-state index is 13.4. The Morgan fingerprint density at radius 2 is 1.68 bits per heavy atom. The van der Waals surface area contributed by atoms with Gasteiger partial charge < -0.3 is 5.32 Å². The SMILES string of the molecule is Cc1cccc(C)c1-n1c(SC(C)C(=O)NC(C)C)nc2ccccc2c1=O. The minimum Gasteiger partial charge on any atom is -0.353 e. The Bertz CT molecular complexity index is 1070. The molecule has 1 N–H and O–H groups in total. The van der Waals surface area contributed by atoms with Crippen molar-refractivity contribution in [3.8, 4) is 5.69 Å². The van der Waals surface area contributed by atoms with Gasteiger partial charge in [-0.2, -0.15) is 0 Å². The number of thioether (sulfide) groups is 1. The predicted octanol–water partition coefficient (Wildman–Crippen LogP) is 4.01. The Morgan fingerprint density at radius 3 is 2.32 bits per heavy atom. The van der Waals surface area contributed by atoms with E-state index in [1.165, 1.54) is 11.8 Å². The van der Waals surface area contributed by atoms with E-state index in [9.17, 15) is 9.59 Å². The molecule has 0 saturated heterocycles. The lowest BCUT2D eigenvalue weighted by molar-refractivity contribution is -0.120. The molecule has 6 heteroatoms. The molecule has 0 aliphatic heterocycles. The topological polar surface area (TPSA) is 64.0 Å². The summed E-state index contributed by atoms with van der Waals surface area (Å²) in [5.41, 5.74) is 3.31. The first-order chi connectivity index (χ1) is 13.3. The number of carbonyl (C=O) groups excluding carboxylic acids is 1. The van der Waals surface area contributed by atoms with Crippen molar-refractivity contribution in [2.45, 2.75) is 51.1 Å². The second-order valence-corrected chi connectivity index (χ2v) is 8.52. The van der Waals surface area contributed by atoms with Crippen LogP contribution in [0.25, 0.3) is 16.6 Å². The molecule has 3 aromatic rings. The van der Waals surface area contributed by atoms with Gasteiger partial charge in [0.2, 0.25) is 5.91 Å². The molecule has 1 atom stereocenters. The number of amides is 1. The van der Waals surface area contributed by atoms with Gasteiger partial charge in [-0.3, -0.25) is 14.2 Å². The molecule has 0 aliphatic carbocycles. The molecule has 0 saturated carbocycles. The van der Waals surface area contributed by atoms with Gasteiger partial charge >= 0.3 is 0 Å². The van der Waals surface area contributed by atoms with Crippen molar-refractivity contribution < 1.29 is 4.79 Å². The number of carbonyl (C=O) groups is 1. The highest BCUT2D eigenvalue weighted by Gasteiger charge is 2.22. The summed E-state index contributed by atoms with van der Waals surface area (Å²) >= 11 is 1.30. The lowest BCUT2D eigenvalue weighted by atomic mass is 10.1. The molecule has 2 aromatic carbocycles. The van der Waals surface area contributed by atoms with Crippen LogP contribution in [0.15, 0.2) is 52.4 Å². The van der Waals surface area contributed by atoms with Crippen LogP contribution in [0.3, 0.4) is 0 Å². The number of nitrogens with one attached hydrogen (secondary N) is 1. The van der Waals surface area contributed by atoms with Gasteiger partial charge in [-0.25, -0.2) is 4.98 Å². The van der Waals surface area contributed by atoms with Crippen molar-refractivity contribution >= 4 is 28.6 Å². The first-order valence-corrected chi connectivity index (χ1v) is 10.2. The molecule has 0 fully saturated rings. The van der Waals surface area contributed by atoms with Crippen LogP contribution in [0.4, 0.5) is 0 Å². The normalized spacial score (nSPS) is 12.4. The second kappa shape index (κ2) is 8.19. The number of rotatable bonds is 5. The molecule has 1 aromatic heterocycles. The van der Waals surface area contributed by atoms with Gasteiger partial charge in [0.05, 0.1) is 21.8 Å². The van der Waals surface area contributed by atoms with Crippen LogP contribution in [-0.4, -0.2) is 26.8 Å². The molecule has 1 heterocycles. The van der Waals surface area contributed by atoms with Crippen LogP contribution in [0, 0.1) is 13.8 Å². The molecule has 146 valence electrons. The minimum atomic E-state index is -0.383. The molecule has 0 aliphatic rings. The first-order valence-electron chi connectivity index (χ1n) is 9.35. The van der Waals surface area contributed by atoms with Gasteiger partial charge in [-0.15, -0.1) is 0 Å². The van der Waals surface area contributed by atoms with Crippen molar-refractivity contribution in [3.63, 3.8) is 0 Å². The number of hydrogen-bond acceptors (Lipinski definition) is 4. The summed E-state index contributed by atoms with van der Waals surface area (Å²) < 4.78 is 1.65. The monoisotopic (exact) mass is 395 g/mol. The van der Waals surface area contributed by atoms with Crippen LogP contribution in [0.2, 0.25) is 0 Å². The fourth-order valence-corrected chi connectivity index (χ4v) is 4.08. The Balaban J connectivity index is 2.21. The van der Waals surface area contributed by atoms with E-state index in [2.05, 4.69) is 5.32 Å². The van der Waals surface area contributed by atoms with Gasteiger partial charge in [0.15, 0.2) is 5.16 Å². The summed E-state index contributed by atoms with van der Waals surface area (Å²) in [6.07, 6.45) is 0. The van der Waals surface area contributed by atoms with Gasteiger partial charge in [-0.1, -0.05) is 42.1 Å². The highest BCUT2D eigenvalue weighted by atomic mass is 32.2. The number of nitrogens with zero attached hydrogens (tertiary/aromatic N) is 2. The van der Waals surface area contributed by atoms with Crippen LogP contribution >= 0.6 is 11.8 Å². The van der Waals surface area contributed by atoms with E-state index >= 15 is 0 Å². The highest BCUT2D eigenvalue weighted by Crippen LogP contribution is 2.28. The number of para-hydroxylation sites is 2. The molecular formula is C22H25N3O2S. The average molecular weight is 396 g/mol. The number of aromatic nitrogens is 2. The van der Waals surface area contributed by atoms with Crippen LogP contribution in [0.1, 0.15) is 31.9 Å². The van der Waals surface area contributed by atoms with Crippen molar-refractivity contribution in [2.75, 3.05) is 0 Å². The van der Waals surface area contributed by atoms with E-state index in [4.69, 9.17) is 4.98 Å². The van der Waals surface area contributed by atoms with Gasteiger partial charge in [0.25, 0.3) is 5.56 Å². The lowest BCUT2D eigenvalue weighted by Gasteiger charge is -2.19. The number of hydrogen-bond donors (Lipinski definition) is 1. The summed E-state index contributed by atoms with van der Waals surface area (Å²) in [7, 11) is 0. The molecule has 1 amide bonds. The number of aryl methyl sites for hydroxylation is 2. The quantitative estimate of drug-likeness (QED) is 0.524. The summed E-state index contributed by atoms with van der Waals surface area (Å²) in [5, 5.41) is 3.62. The van der Waals surface area contributed by atoms with Crippen molar-refractivity contribution in [1.29, 1.82) is 0 Å². The Labute approximate surface area is 169 Å². The maximum atomic E-state index is 13.4. The molecule has 5 nitrogen and oxygen atoms in total. The largest absolute Gasteiger partial charge is 0.353 e.